The minimum atomic E-state index is -0.0467. The summed E-state index contributed by atoms with van der Waals surface area (Å²) in [4.78, 5) is 13.6. The summed E-state index contributed by atoms with van der Waals surface area (Å²) in [7, 11) is 2.12. The van der Waals surface area contributed by atoms with Crippen LogP contribution in [0.5, 0.6) is 0 Å². The van der Waals surface area contributed by atoms with Crippen molar-refractivity contribution in [3.05, 3.63) is 0 Å². The average Bonchev–Trinajstić information content (AvgIpc) is 2.47. The third-order valence-electron chi connectivity index (χ3n) is 2.46. The molecule has 0 aromatic carbocycles. The Labute approximate surface area is 86.0 Å². The van der Waals surface area contributed by atoms with E-state index in [1.165, 1.54) is 6.42 Å². The van der Waals surface area contributed by atoms with Gasteiger partial charge >= 0.3 is 6.03 Å². The van der Waals surface area contributed by atoms with Gasteiger partial charge in [-0.1, -0.05) is 0 Å². The van der Waals surface area contributed by atoms with Gasteiger partial charge in [0, 0.05) is 19.1 Å². The predicted molar refractivity (Wildman–Crippen MR) is 57.3 cm³/mol. The van der Waals surface area contributed by atoms with Crippen LogP contribution in [0.4, 0.5) is 4.79 Å². The highest BCUT2D eigenvalue weighted by Gasteiger charge is 2.19. The van der Waals surface area contributed by atoms with Crippen LogP contribution in [0.2, 0.25) is 0 Å². The molecule has 2 N–H and O–H groups in total. The monoisotopic (exact) mass is 199 g/mol. The van der Waals surface area contributed by atoms with Gasteiger partial charge in [0.1, 0.15) is 0 Å². The van der Waals surface area contributed by atoms with E-state index in [0.29, 0.717) is 5.92 Å². The number of hydrogen-bond donors (Lipinski definition) is 2. The molecular weight excluding hydrogens is 178 g/mol. The number of hydrogen-bond acceptors (Lipinski definition) is 2. The zero-order chi connectivity index (χ0) is 10.6. The molecule has 1 unspecified atom stereocenters. The molecule has 1 rings (SSSR count). The molecule has 1 saturated heterocycles. The summed E-state index contributed by atoms with van der Waals surface area (Å²) in [5.74, 6) is 0.623. The second-order valence-electron chi connectivity index (χ2n) is 4.43. The summed E-state index contributed by atoms with van der Waals surface area (Å²) in [6.45, 7) is 6.97. The summed E-state index contributed by atoms with van der Waals surface area (Å²) in [6.07, 6.45) is 1.19. The Bertz CT molecular complexity index is 194. The van der Waals surface area contributed by atoms with Crippen LogP contribution in [-0.4, -0.2) is 43.7 Å². The van der Waals surface area contributed by atoms with Crippen molar-refractivity contribution in [3.63, 3.8) is 0 Å². The lowest BCUT2D eigenvalue weighted by molar-refractivity contribution is 0.236. The largest absolute Gasteiger partial charge is 0.338 e. The minimum Gasteiger partial charge on any atom is -0.338 e. The van der Waals surface area contributed by atoms with Crippen molar-refractivity contribution < 1.29 is 4.79 Å². The molecule has 2 amide bonds. The van der Waals surface area contributed by atoms with Gasteiger partial charge < -0.3 is 15.5 Å². The fourth-order valence-corrected chi connectivity index (χ4v) is 1.74. The van der Waals surface area contributed by atoms with Crippen LogP contribution in [0, 0.1) is 5.92 Å². The van der Waals surface area contributed by atoms with Crippen LogP contribution in [0.3, 0.4) is 0 Å². The van der Waals surface area contributed by atoms with Gasteiger partial charge in [0.15, 0.2) is 0 Å². The van der Waals surface area contributed by atoms with E-state index in [0.717, 1.165) is 19.6 Å². The van der Waals surface area contributed by atoms with Crippen molar-refractivity contribution in [2.75, 3.05) is 26.7 Å². The number of nitrogens with zero attached hydrogens (tertiary/aromatic N) is 1. The number of nitrogens with one attached hydrogen (secondary N) is 2. The number of rotatable bonds is 3. The van der Waals surface area contributed by atoms with E-state index < -0.39 is 0 Å². The van der Waals surface area contributed by atoms with E-state index in [9.17, 15) is 4.79 Å². The number of likely N-dealkylation sites (tertiary alicyclic amines) is 1. The Morgan fingerprint density at radius 3 is 2.79 bits per heavy atom. The van der Waals surface area contributed by atoms with Crippen LogP contribution in [0.1, 0.15) is 20.3 Å². The van der Waals surface area contributed by atoms with Crippen molar-refractivity contribution in [1.82, 2.24) is 15.5 Å². The molecule has 0 aliphatic carbocycles. The number of carbonyl (C=O) groups excluding carboxylic acids is 1. The molecule has 0 aromatic rings. The lowest BCUT2D eigenvalue weighted by Crippen LogP contribution is -2.41. The van der Waals surface area contributed by atoms with Crippen LogP contribution >= 0.6 is 0 Å². The maximum Gasteiger partial charge on any atom is 0.314 e. The zero-order valence-corrected chi connectivity index (χ0v) is 9.34. The second kappa shape index (κ2) is 5.20. The minimum absolute atomic E-state index is 0.0467. The number of amides is 2. The summed E-state index contributed by atoms with van der Waals surface area (Å²) in [5.41, 5.74) is 0. The first-order chi connectivity index (χ1) is 6.58. The Kier molecular flexibility index (Phi) is 4.20. The van der Waals surface area contributed by atoms with Crippen molar-refractivity contribution in [2.45, 2.75) is 26.3 Å². The highest BCUT2D eigenvalue weighted by molar-refractivity contribution is 5.74. The fraction of sp³-hybridized carbons (Fsp3) is 0.900. The van der Waals surface area contributed by atoms with E-state index in [-0.39, 0.29) is 12.1 Å². The molecule has 0 aromatic heterocycles. The molecule has 1 aliphatic rings. The SMILES string of the molecule is CC(C)NC(=O)NCC1CCN(C)C1. The van der Waals surface area contributed by atoms with Crippen LogP contribution in [-0.2, 0) is 0 Å². The van der Waals surface area contributed by atoms with E-state index in [4.69, 9.17) is 0 Å². The van der Waals surface area contributed by atoms with E-state index >= 15 is 0 Å². The van der Waals surface area contributed by atoms with Gasteiger partial charge in [-0.25, -0.2) is 4.79 Å². The molecule has 14 heavy (non-hydrogen) atoms. The lowest BCUT2D eigenvalue weighted by Gasteiger charge is -2.13. The van der Waals surface area contributed by atoms with Crippen LogP contribution in [0.15, 0.2) is 0 Å². The first kappa shape index (κ1) is 11.3. The summed E-state index contributed by atoms with van der Waals surface area (Å²) in [6, 6.07) is 0.163. The van der Waals surface area contributed by atoms with Crippen LogP contribution < -0.4 is 10.6 Å². The van der Waals surface area contributed by atoms with Crippen molar-refractivity contribution in [3.8, 4) is 0 Å². The second-order valence-corrected chi connectivity index (χ2v) is 4.43. The van der Waals surface area contributed by atoms with Gasteiger partial charge in [-0.2, -0.15) is 0 Å². The molecule has 1 fully saturated rings. The van der Waals surface area contributed by atoms with Gasteiger partial charge in [-0.3, -0.25) is 0 Å². The highest BCUT2D eigenvalue weighted by atomic mass is 16.2. The smallest absolute Gasteiger partial charge is 0.314 e. The molecule has 4 nitrogen and oxygen atoms in total. The van der Waals surface area contributed by atoms with Crippen molar-refractivity contribution in [2.24, 2.45) is 5.92 Å². The van der Waals surface area contributed by atoms with E-state index in [1.54, 1.807) is 0 Å². The van der Waals surface area contributed by atoms with Gasteiger partial charge in [-0.15, -0.1) is 0 Å². The zero-order valence-electron chi connectivity index (χ0n) is 9.34. The Morgan fingerprint density at radius 1 is 1.57 bits per heavy atom. The fourth-order valence-electron chi connectivity index (χ4n) is 1.74. The molecule has 1 atom stereocenters. The molecule has 0 saturated carbocycles. The third-order valence-corrected chi connectivity index (χ3v) is 2.46. The van der Waals surface area contributed by atoms with Gasteiger partial charge in [0.05, 0.1) is 0 Å². The lowest BCUT2D eigenvalue weighted by atomic mass is 10.1. The van der Waals surface area contributed by atoms with Crippen LogP contribution in [0.25, 0.3) is 0 Å². The maximum atomic E-state index is 11.3. The summed E-state index contributed by atoms with van der Waals surface area (Å²) < 4.78 is 0. The Hall–Kier alpha value is -0.770. The molecule has 0 radical (unpaired) electrons. The molecule has 82 valence electrons. The highest BCUT2D eigenvalue weighted by Crippen LogP contribution is 2.12. The third kappa shape index (κ3) is 3.96. The molecule has 0 spiro atoms. The van der Waals surface area contributed by atoms with Gasteiger partial charge in [0.2, 0.25) is 0 Å². The number of carbonyl (C=O) groups is 1. The molecule has 1 aliphatic heterocycles. The van der Waals surface area contributed by atoms with E-state index in [2.05, 4.69) is 22.6 Å². The molecule has 0 bridgehead atoms. The molecule has 4 heteroatoms. The molecular formula is C10H21N3O. The van der Waals surface area contributed by atoms with Gasteiger partial charge in [-0.05, 0) is 39.8 Å². The first-order valence-corrected chi connectivity index (χ1v) is 5.31. The Morgan fingerprint density at radius 2 is 2.29 bits per heavy atom. The maximum absolute atomic E-state index is 11.3. The summed E-state index contributed by atoms with van der Waals surface area (Å²) >= 11 is 0. The average molecular weight is 199 g/mol. The quantitative estimate of drug-likeness (QED) is 0.701. The normalized spacial score (nSPS) is 22.7. The van der Waals surface area contributed by atoms with E-state index in [1.807, 2.05) is 13.8 Å². The predicted octanol–water partition coefficient (Wildman–Crippen LogP) is 0.646. The first-order valence-electron chi connectivity index (χ1n) is 5.31. The number of urea groups is 1. The standard InChI is InChI=1S/C10H21N3O/c1-8(2)12-10(14)11-6-9-4-5-13(3)7-9/h8-9H,4-7H2,1-3H3,(H2,11,12,14). The topological polar surface area (TPSA) is 44.4 Å². The Balaban J connectivity index is 2.11. The van der Waals surface area contributed by atoms with Crippen molar-refractivity contribution >= 4 is 6.03 Å². The van der Waals surface area contributed by atoms with Crippen molar-refractivity contribution in [1.29, 1.82) is 0 Å². The molecule has 1 heterocycles. The summed E-state index contributed by atoms with van der Waals surface area (Å²) in [5, 5.41) is 5.71. The van der Waals surface area contributed by atoms with Gasteiger partial charge in [0.25, 0.3) is 0 Å².